The molecule has 132 valence electrons. The van der Waals surface area contributed by atoms with E-state index in [4.69, 9.17) is 0 Å². The highest BCUT2D eigenvalue weighted by molar-refractivity contribution is 5.92. The highest BCUT2D eigenvalue weighted by atomic mass is 16.5. The Bertz CT molecular complexity index is 559. The van der Waals surface area contributed by atoms with Gasteiger partial charge in [0.1, 0.15) is 0 Å². The molecule has 0 spiro atoms. The number of carbonyl (C=O) groups excluding carboxylic acids is 2. The third-order valence-corrected chi connectivity index (χ3v) is 4.54. The molecule has 0 saturated carbocycles. The van der Waals surface area contributed by atoms with Crippen LogP contribution < -0.4 is 10.6 Å². The van der Waals surface area contributed by atoms with Gasteiger partial charge in [0.05, 0.1) is 12.7 Å². The number of ether oxygens (including phenoxy) is 1. The van der Waals surface area contributed by atoms with E-state index in [1.54, 1.807) is 24.3 Å². The van der Waals surface area contributed by atoms with Crippen LogP contribution in [0.25, 0.3) is 0 Å². The summed E-state index contributed by atoms with van der Waals surface area (Å²) in [7, 11) is 1.34. The van der Waals surface area contributed by atoms with Gasteiger partial charge in [0.15, 0.2) is 0 Å². The second-order valence-corrected chi connectivity index (χ2v) is 6.34. The number of urea groups is 1. The van der Waals surface area contributed by atoms with E-state index in [2.05, 4.69) is 34.1 Å². The minimum Gasteiger partial charge on any atom is -0.465 e. The zero-order valence-electron chi connectivity index (χ0n) is 14.7. The van der Waals surface area contributed by atoms with Crippen LogP contribution in [-0.2, 0) is 4.74 Å². The Hall–Kier alpha value is -2.08. The molecule has 0 bridgehead atoms. The van der Waals surface area contributed by atoms with E-state index >= 15 is 0 Å². The first kappa shape index (κ1) is 18.3. The molecule has 6 heteroatoms. The van der Waals surface area contributed by atoms with Gasteiger partial charge < -0.3 is 15.4 Å². The molecule has 1 heterocycles. The predicted octanol–water partition coefficient (Wildman–Crippen LogP) is 2.86. The normalized spacial score (nSPS) is 19.4. The number of hydrogen-bond acceptors (Lipinski definition) is 4. The summed E-state index contributed by atoms with van der Waals surface area (Å²) in [5.41, 5.74) is 1.09. The number of rotatable bonds is 5. The molecule has 0 unspecified atom stereocenters. The number of nitrogens with zero attached hydrogens (tertiary/aromatic N) is 1. The summed E-state index contributed by atoms with van der Waals surface area (Å²) in [5.74, 6) is -0.393. The second kappa shape index (κ2) is 8.68. The lowest BCUT2D eigenvalue weighted by Crippen LogP contribution is -2.49. The Morgan fingerprint density at radius 1 is 1.29 bits per heavy atom. The summed E-state index contributed by atoms with van der Waals surface area (Å²) in [6.07, 6.45) is 3.75. The molecule has 2 atom stereocenters. The molecule has 0 aliphatic carbocycles. The number of anilines is 1. The number of methoxy groups -OCH3 is 1. The van der Waals surface area contributed by atoms with Crippen LogP contribution in [0, 0.1) is 0 Å². The van der Waals surface area contributed by atoms with Gasteiger partial charge in [-0.25, -0.2) is 9.59 Å². The molecule has 2 N–H and O–H groups in total. The van der Waals surface area contributed by atoms with Crippen molar-refractivity contribution in [2.45, 2.75) is 45.2 Å². The number of amides is 2. The van der Waals surface area contributed by atoms with Crippen LogP contribution >= 0.6 is 0 Å². The molecule has 2 amide bonds. The number of esters is 1. The number of carbonyl (C=O) groups is 2. The summed E-state index contributed by atoms with van der Waals surface area (Å²) >= 11 is 0. The molecule has 1 aromatic rings. The molecule has 1 saturated heterocycles. The van der Waals surface area contributed by atoms with E-state index in [1.807, 2.05) is 0 Å². The average molecular weight is 333 g/mol. The highest BCUT2D eigenvalue weighted by Gasteiger charge is 2.23. The van der Waals surface area contributed by atoms with Gasteiger partial charge in [0.25, 0.3) is 0 Å². The highest BCUT2D eigenvalue weighted by Crippen LogP contribution is 2.18. The molecular formula is C18H27N3O3. The van der Waals surface area contributed by atoms with Crippen LogP contribution in [0.2, 0.25) is 0 Å². The van der Waals surface area contributed by atoms with Crippen molar-refractivity contribution in [3.8, 4) is 0 Å². The molecular weight excluding hydrogens is 306 g/mol. The number of benzene rings is 1. The number of nitrogens with one attached hydrogen (secondary N) is 2. The minimum atomic E-state index is -0.393. The van der Waals surface area contributed by atoms with Crippen LogP contribution in [0.15, 0.2) is 24.3 Å². The maximum absolute atomic E-state index is 12.0. The Balaban J connectivity index is 1.79. The molecule has 6 nitrogen and oxygen atoms in total. The predicted molar refractivity (Wildman–Crippen MR) is 94.3 cm³/mol. The van der Waals surface area contributed by atoms with Gasteiger partial charge in [-0.2, -0.15) is 0 Å². The fraction of sp³-hybridized carbons (Fsp3) is 0.556. The van der Waals surface area contributed by atoms with E-state index in [1.165, 1.54) is 26.4 Å². The summed E-state index contributed by atoms with van der Waals surface area (Å²) < 4.78 is 4.65. The third kappa shape index (κ3) is 4.96. The van der Waals surface area contributed by atoms with Gasteiger partial charge in [0, 0.05) is 24.3 Å². The average Bonchev–Trinajstić information content (AvgIpc) is 2.60. The zero-order valence-corrected chi connectivity index (χ0v) is 14.7. The van der Waals surface area contributed by atoms with Crippen LogP contribution in [0.4, 0.5) is 10.5 Å². The van der Waals surface area contributed by atoms with E-state index < -0.39 is 5.97 Å². The maximum Gasteiger partial charge on any atom is 0.337 e. The SMILES string of the molecule is COC(=O)c1ccc(NC(=O)NC[C@H](C)N2CCCC[C@H]2C)cc1. The Kier molecular flexibility index (Phi) is 6.61. The van der Waals surface area contributed by atoms with E-state index in [0.717, 1.165) is 6.54 Å². The molecule has 0 aromatic heterocycles. The zero-order chi connectivity index (χ0) is 17.5. The second-order valence-electron chi connectivity index (χ2n) is 6.34. The summed E-state index contributed by atoms with van der Waals surface area (Å²) in [6.45, 7) is 6.10. The van der Waals surface area contributed by atoms with Crippen molar-refractivity contribution in [1.29, 1.82) is 0 Å². The quantitative estimate of drug-likeness (QED) is 0.813. The van der Waals surface area contributed by atoms with Gasteiger partial charge in [-0.3, -0.25) is 4.90 Å². The van der Waals surface area contributed by atoms with Gasteiger partial charge in [-0.1, -0.05) is 6.42 Å². The van der Waals surface area contributed by atoms with Crippen molar-refractivity contribution in [3.05, 3.63) is 29.8 Å². The largest absolute Gasteiger partial charge is 0.465 e. The first-order chi connectivity index (χ1) is 11.5. The van der Waals surface area contributed by atoms with Crippen LogP contribution in [0.5, 0.6) is 0 Å². The van der Waals surface area contributed by atoms with E-state index in [9.17, 15) is 9.59 Å². The van der Waals surface area contributed by atoms with Crippen molar-refractivity contribution >= 4 is 17.7 Å². The smallest absolute Gasteiger partial charge is 0.337 e. The van der Waals surface area contributed by atoms with E-state index in [0.29, 0.717) is 29.9 Å². The van der Waals surface area contributed by atoms with E-state index in [-0.39, 0.29) is 6.03 Å². The monoisotopic (exact) mass is 333 g/mol. The first-order valence-electron chi connectivity index (χ1n) is 8.50. The fourth-order valence-electron chi connectivity index (χ4n) is 3.12. The Morgan fingerprint density at radius 2 is 2.00 bits per heavy atom. The Morgan fingerprint density at radius 3 is 2.62 bits per heavy atom. The molecule has 0 radical (unpaired) electrons. The maximum atomic E-state index is 12.0. The van der Waals surface area contributed by atoms with Crippen molar-refractivity contribution in [1.82, 2.24) is 10.2 Å². The van der Waals surface area contributed by atoms with Crippen molar-refractivity contribution in [3.63, 3.8) is 0 Å². The number of hydrogen-bond donors (Lipinski definition) is 2. The molecule has 24 heavy (non-hydrogen) atoms. The number of likely N-dealkylation sites (tertiary alicyclic amines) is 1. The lowest BCUT2D eigenvalue weighted by atomic mass is 10.0. The van der Waals surface area contributed by atoms with Gasteiger partial charge in [-0.15, -0.1) is 0 Å². The molecule has 1 aliphatic rings. The lowest BCUT2D eigenvalue weighted by molar-refractivity contribution is 0.0600. The standard InChI is InChI=1S/C18H27N3O3/c1-13-6-4-5-11-21(13)14(2)12-19-18(23)20-16-9-7-15(8-10-16)17(22)24-3/h7-10,13-14H,4-6,11-12H2,1-3H3,(H2,19,20,23)/t13-,14+/m1/s1. The molecule has 1 fully saturated rings. The van der Waals surface area contributed by atoms with Crippen molar-refractivity contribution in [2.24, 2.45) is 0 Å². The summed E-state index contributed by atoms with van der Waals surface area (Å²) in [4.78, 5) is 25.9. The van der Waals surface area contributed by atoms with Gasteiger partial charge >= 0.3 is 12.0 Å². The van der Waals surface area contributed by atoms with Crippen LogP contribution in [0.1, 0.15) is 43.5 Å². The summed E-state index contributed by atoms with van der Waals surface area (Å²) in [6, 6.07) is 7.26. The molecule has 1 aromatic carbocycles. The molecule has 2 rings (SSSR count). The van der Waals surface area contributed by atoms with Crippen molar-refractivity contribution in [2.75, 3.05) is 25.5 Å². The van der Waals surface area contributed by atoms with Gasteiger partial charge in [0.2, 0.25) is 0 Å². The lowest BCUT2D eigenvalue weighted by Gasteiger charge is -2.38. The van der Waals surface area contributed by atoms with Gasteiger partial charge in [-0.05, 0) is 57.5 Å². The fourth-order valence-corrected chi connectivity index (χ4v) is 3.12. The Labute approximate surface area is 143 Å². The van der Waals surface area contributed by atoms with Crippen LogP contribution in [-0.4, -0.2) is 49.2 Å². The third-order valence-electron chi connectivity index (χ3n) is 4.54. The summed E-state index contributed by atoms with van der Waals surface area (Å²) in [5, 5.41) is 5.69. The topological polar surface area (TPSA) is 70.7 Å². The van der Waals surface area contributed by atoms with Crippen LogP contribution in [0.3, 0.4) is 0 Å². The minimum absolute atomic E-state index is 0.239. The first-order valence-corrected chi connectivity index (χ1v) is 8.50. The molecule has 1 aliphatic heterocycles. The number of piperidine rings is 1. The van der Waals surface area contributed by atoms with Crippen molar-refractivity contribution < 1.29 is 14.3 Å².